The molecule has 19 heavy (non-hydrogen) atoms. The van der Waals surface area contributed by atoms with Crippen LogP contribution in [0.15, 0.2) is 24.3 Å². The first-order valence-corrected chi connectivity index (χ1v) is 7.38. The van der Waals surface area contributed by atoms with Crippen molar-refractivity contribution in [2.75, 3.05) is 6.54 Å². The number of hydrogen-bond donors (Lipinski definition) is 2. The van der Waals surface area contributed by atoms with Crippen LogP contribution in [0.5, 0.6) is 0 Å². The van der Waals surface area contributed by atoms with E-state index >= 15 is 0 Å². The maximum absolute atomic E-state index is 7.41. The van der Waals surface area contributed by atoms with Crippen molar-refractivity contribution in [3.8, 4) is 0 Å². The Labute approximate surface area is 116 Å². The Balaban J connectivity index is 2.00. The number of nitrogens with one attached hydrogen (secondary N) is 1. The van der Waals surface area contributed by atoms with E-state index in [1.807, 2.05) is 12.1 Å². The lowest BCUT2D eigenvalue weighted by atomic mass is 9.97. The van der Waals surface area contributed by atoms with Crippen molar-refractivity contribution in [3.63, 3.8) is 0 Å². The van der Waals surface area contributed by atoms with Crippen molar-refractivity contribution in [1.29, 1.82) is 5.41 Å². The van der Waals surface area contributed by atoms with E-state index in [-0.39, 0.29) is 5.84 Å². The third kappa shape index (κ3) is 3.80. The van der Waals surface area contributed by atoms with Crippen molar-refractivity contribution < 1.29 is 0 Å². The van der Waals surface area contributed by atoms with Crippen LogP contribution in [-0.4, -0.2) is 23.3 Å². The lowest BCUT2D eigenvalue weighted by Crippen LogP contribution is -2.38. The van der Waals surface area contributed by atoms with E-state index in [4.69, 9.17) is 11.1 Å². The number of rotatable bonds is 5. The lowest BCUT2D eigenvalue weighted by Gasteiger charge is -2.35. The van der Waals surface area contributed by atoms with Crippen LogP contribution in [0.2, 0.25) is 0 Å². The molecule has 1 heterocycles. The van der Waals surface area contributed by atoms with Gasteiger partial charge in [0.2, 0.25) is 0 Å². The highest BCUT2D eigenvalue weighted by Crippen LogP contribution is 2.22. The summed E-state index contributed by atoms with van der Waals surface area (Å²) >= 11 is 0. The summed E-state index contributed by atoms with van der Waals surface area (Å²) in [6.45, 7) is 4.52. The molecular weight excluding hydrogens is 234 g/mol. The molecular formula is C16H25N3. The molecule has 1 aliphatic rings. The highest BCUT2D eigenvalue weighted by atomic mass is 15.2. The average molecular weight is 259 g/mol. The summed E-state index contributed by atoms with van der Waals surface area (Å²) in [7, 11) is 0. The molecule has 1 aromatic carbocycles. The van der Waals surface area contributed by atoms with Crippen LogP contribution in [-0.2, 0) is 6.54 Å². The molecule has 2 rings (SSSR count). The molecule has 0 spiro atoms. The van der Waals surface area contributed by atoms with Crippen LogP contribution in [0.25, 0.3) is 0 Å². The zero-order chi connectivity index (χ0) is 13.7. The molecule has 3 heteroatoms. The van der Waals surface area contributed by atoms with Gasteiger partial charge in [0.05, 0.1) is 0 Å². The topological polar surface area (TPSA) is 53.1 Å². The molecule has 0 saturated carbocycles. The largest absolute Gasteiger partial charge is 0.384 e. The quantitative estimate of drug-likeness (QED) is 0.630. The minimum absolute atomic E-state index is 0.147. The van der Waals surface area contributed by atoms with Crippen LogP contribution >= 0.6 is 0 Å². The van der Waals surface area contributed by atoms with E-state index in [1.54, 1.807) is 0 Å². The first kappa shape index (κ1) is 14.1. The fourth-order valence-corrected chi connectivity index (χ4v) is 2.95. The van der Waals surface area contributed by atoms with Crippen molar-refractivity contribution in [2.24, 2.45) is 5.73 Å². The van der Waals surface area contributed by atoms with Crippen LogP contribution < -0.4 is 5.73 Å². The van der Waals surface area contributed by atoms with E-state index in [1.165, 1.54) is 44.2 Å². The van der Waals surface area contributed by atoms with Crippen LogP contribution in [0.3, 0.4) is 0 Å². The molecule has 0 amide bonds. The summed E-state index contributed by atoms with van der Waals surface area (Å²) in [5.41, 5.74) is 7.62. The maximum Gasteiger partial charge on any atom is 0.122 e. The second-order valence-electron chi connectivity index (χ2n) is 5.52. The van der Waals surface area contributed by atoms with Crippen molar-refractivity contribution >= 4 is 5.84 Å². The van der Waals surface area contributed by atoms with Crippen LogP contribution in [0.4, 0.5) is 0 Å². The van der Waals surface area contributed by atoms with Gasteiger partial charge in [0.25, 0.3) is 0 Å². The van der Waals surface area contributed by atoms with Crippen molar-refractivity contribution in [2.45, 2.75) is 51.6 Å². The van der Waals surface area contributed by atoms with Gasteiger partial charge in [0.1, 0.15) is 5.84 Å². The van der Waals surface area contributed by atoms with Crippen LogP contribution in [0.1, 0.15) is 50.2 Å². The summed E-state index contributed by atoms with van der Waals surface area (Å²) < 4.78 is 0. The molecule has 3 nitrogen and oxygen atoms in total. The van der Waals surface area contributed by atoms with Gasteiger partial charge in [-0.1, -0.05) is 44.0 Å². The predicted molar refractivity (Wildman–Crippen MR) is 80.4 cm³/mol. The molecule has 1 saturated heterocycles. The van der Waals surface area contributed by atoms with Crippen LogP contribution in [0, 0.1) is 5.41 Å². The molecule has 0 aromatic heterocycles. The third-order valence-corrected chi connectivity index (χ3v) is 4.02. The smallest absolute Gasteiger partial charge is 0.122 e. The molecule has 104 valence electrons. The van der Waals surface area contributed by atoms with Gasteiger partial charge in [-0.3, -0.25) is 10.3 Å². The van der Waals surface area contributed by atoms with Gasteiger partial charge >= 0.3 is 0 Å². The van der Waals surface area contributed by atoms with E-state index in [9.17, 15) is 0 Å². The predicted octanol–water partition coefficient (Wildman–Crippen LogP) is 3.13. The molecule has 1 atom stereocenters. The number of nitrogens with two attached hydrogens (primary N) is 1. The Morgan fingerprint density at radius 3 is 2.68 bits per heavy atom. The minimum Gasteiger partial charge on any atom is -0.384 e. The number of benzene rings is 1. The minimum atomic E-state index is 0.147. The molecule has 1 unspecified atom stereocenters. The summed E-state index contributed by atoms with van der Waals surface area (Å²) in [6.07, 6.45) is 6.63. The van der Waals surface area contributed by atoms with Crippen molar-refractivity contribution in [3.05, 3.63) is 35.4 Å². The molecule has 0 bridgehead atoms. The molecule has 1 aliphatic heterocycles. The average Bonchev–Trinajstić information content (AvgIpc) is 2.42. The Kier molecular flexibility index (Phi) is 4.97. The number of likely N-dealkylation sites (tertiary alicyclic amines) is 1. The number of hydrogen-bond acceptors (Lipinski definition) is 2. The molecule has 0 radical (unpaired) electrons. The first-order valence-electron chi connectivity index (χ1n) is 7.38. The third-order valence-electron chi connectivity index (χ3n) is 4.02. The SMILES string of the molecule is CCCC1CCCCN1Cc1ccc(C(=N)N)cc1. The summed E-state index contributed by atoms with van der Waals surface area (Å²) in [4.78, 5) is 2.62. The summed E-state index contributed by atoms with van der Waals surface area (Å²) in [6, 6.07) is 8.88. The van der Waals surface area contributed by atoms with Gasteiger partial charge in [-0.05, 0) is 31.4 Å². The molecule has 1 aromatic rings. The Bertz CT molecular complexity index is 409. The van der Waals surface area contributed by atoms with Gasteiger partial charge in [-0.2, -0.15) is 0 Å². The van der Waals surface area contributed by atoms with Gasteiger partial charge in [-0.25, -0.2) is 0 Å². The maximum atomic E-state index is 7.41. The standard InChI is InChI=1S/C16H25N3/c1-2-5-15-6-3-4-11-19(15)12-13-7-9-14(10-8-13)16(17)18/h7-10,15H,2-6,11-12H2,1H3,(H3,17,18). The number of piperidine rings is 1. The van der Waals surface area contributed by atoms with Gasteiger partial charge in [0, 0.05) is 18.2 Å². The monoisotopic (exact) mass is 259 g/mol. The van der Waals surface area contributed by atoms with E-state index in [0.29, 0.717) is 0 Å². The van der Waals surface area contributed by atoms with Gasteiger partial charge in [-0.15, -0.1) is 0 Å². The van der Waals surface area contributed by atoms with E-state index in [0.717, 1.165) is 18.2 Å². The fraction of sp³-hybridized carbons (Fsp3) is 0.562. The number of nitrogen functional groups attached to an aromatic ring is 1. The lowest BCUT2D eigenvalue weighted by molar-refractivity contribution is 0.131. The Morgan fingerprint density at radius 1 is 1.32 bits per heavy atom. The van der Waals surface area contributed by atoms with Gasteiger partial charge < -0.3 is 5.73 Å². The highest BCUT2D eigenvalue weighted by Gasteiger charge is 2.21. The molecule has 3 N–H and O–H groups in total. The van der Waals surface area contributed by atoms with Crippen molar-refractivity contribution in [1.82, 2.24) is 4.90 Å². The summed E-state index contributed by atoms with van der Waals surface area (Å²) in [5.74, 6) is 0.147. The van der Waals surface area contributed by atoms with Gasteiger partial charge in [0.15, 0.2) is 0 Å². The highest BCUT2D eigenvalue weighted by molar-refractivity contribution is 5.94. The fourth-order valence-electron chi connectivity index (χ4n) is 2.95. The first-order chi connectivity index (χ1) is 9.20. The normalized spacial score (nSPS) is 20.4. The van der Waals surface area contributed by atoms with E-state index in [2.05, 4.69) is 24.0 Å². The molecule has 0 aliphatic carbocycles. The number of nitrogens with zero attached hydrogens (tertiary/aromatic N) is 1. The second-order valence-corrected chi connectivity index (χ2v) is 5.52. The summed E-state index contributed by atoms with van der Waals surface area (Å²) in [5, 5.41) is 7.41. The molecule has 1 fully saturated rings. The number of amidine groups is 1. The zero-order valence-corrected chi connectivity index (χ0v) is 11.9. The van der Waals surface area contributed by atoms with E-state index < -0.39 is 0 Å². The Morgan fingerprint density at radius 2 is 2.05 bits per heavy atom. The Hall–Kier alpha value is -1.35. The second kappa shape index (κ2) is 6.71. The zero-order valence-electron chi connectivity index (χ0n) is 11.9.